The van der Waals surface area contributed by atoms with Gasteiger partial charge in [0.15, 0.2) is 6.10 Å². The second-order valence-corrected chi connectivity index (χ2v) is 13.4. The van der Waals surface area contributed by atoms with E-state index in [2.05, 4.69) is 84.3 Å². The highest BCUT2D eigenvalue weighted by molar-refractivity contribution is 7.16. The van der Waals surface area contributed by atoms with Crippen LogP contribution in [0.4, 0.5) is 0 Å². The molecule has 0 heterocycles. The van der Waals surface area contributed by atoms with Gasteiger partial charge in [-0.15, -0.1) is 5.54 Å². The van der Waals surface area contributed by atoms with Crippen LogP contribution in [0.1, 0.15) is 47.5 Å². The van der Waals surface area contributed by atoms with Gasteiger partial charge in [-0.3, -0.25) is 0 Å². The van der Waals surface area contributed by atoms with Gasteiger partial charge in [-0.2, -0.15) is 0 Å². The second kappa shape index (κ2) is 11.2. The number of aliphatic hydroxyl groups is 1. The zero-order valence-electron chi connectivity index (χ0n) is 20.9. The molecule has 3 rings (SSSR count). The van der Waals surface area contributed by atoms with Crippen molar-refractivity contribution in [2.24, 2.45) is 0 Å². The van der Waals surface area contributed by atoms with E-state index in [9.17, 15) is 5.11 Å². The van der Waals surface area contributed by atoms with E-state index in [0.29, 0.717) is 12.8 Å². The molecular weight excluding hydrogens is 436 g/mol. The fourth-order valence-electron chi connectivity index (χ4n) is 3.82. The summed E-state index contributed by atoms with van der Waals surface area (Å²) in [6, 6.07) is 31.6. The van der Waals surface area contributed by atoms with Gasteiger partial charge in [-0.05, 0) is 49.7 Å². The van der Waals surface area contributed by atoms with Gasteiger partial charge >= 0.3 is 0 Å². The molecule has 3 nitrogen and oxygen atoms in total. The molecule has 3 aromatic rings. The number of hydrogen-bond acceptors (Lipinski definition) is 3. The molecule has 0 amide bonds. The van der Waals surface area contributed by atoms with E-state index in [1.165, 1.54) is 15.6 Å². The standard InChI is InChI=1S/C30H36O3Si/c1-6-30(5,31)24-25(32-33-29(2,3)4)22-23-34(26-16-10-7-11-17-26,27-18-12-8-13-19-27)28-20-14-9-15-21-28/h7-21,25,31H,6,24H2,1-5H3. The fraction of sp³-hybridized carbons (Fsp3) is 0.333. The van der Waals surface area contributed by atoms with Gasteiger partial charge < -0.3 is 5.11 Å². The van der Waals surface area contributed by atoms with Gasteiger partial charge in [-0.1, -0.05) is 104 Å². The predicted octanol–water partition coefficient (Wildman–Crippen LogP) is 4.37. The van der Waals surface area contributed by atoms with Crippen molar-refractivity contribution in [3.63, 3.8) is 0 Å². The summed E-state index contributed by atoms with van der Waals surface area (Å²) in [5.41, 5.74) is 2.35. The van der Waals surface area contributed by atoms with Crippen LogP contribution in [0.15, 0.2) is 91.0 Å². The summed E-state index contributed by atoms with van der Waals surface area (Å²) in [5.74, 6) is 3.42. The lowest BCUT2D eigenvalue weighted by Gasteiger charge is -2.29. The fourth-order valence-corrected chi connectivity index (χ4v) is 7.71. The second-order valence-electron chi connectivity index (χ2n) is 9.95. The van der Waals surface area contributed by atoms with Crippen molar-refractivity contribution in [1.82, 2.24) is 0 Å². The molecule has 34 heavy (non-hydrogen) atoms. The molecule has 178 valence electrons. The minimum atomic E-state index is -2.73. The van der Waals surface area contributed by atoms with Crippen LogP contribution in [0.3, 0.4) is 0 Å². The lowest BCUT2D eigenvalue weighted by molar-refractivity contribution is -0.366. The first kappa shape index (κ1) is 25.9. The van der Waals surface area contributed by atoms with Crippen LogP contribution < -0.4 is 15.6 Å². The van der Waals surface area contributed by atoms with Gasteiger partial charge in [-0.25, -0.2) is 9.78 Å². The molecule has 0 saturated carbocycles. The van der Waals surface area contributed by atoms with Gasteiger partial charge in [0.2, 0.25) is 8.07 Å². The largest absolute Gasteiger partial charge is 0.390 e. The Morgan fingerprint density at radius 1 is 0.765 bits per heavy atom. The molecule has 0 radical (unpaired) electrons. The van der Waals surface area contributed by atoms with E-state index in [0.717, 1.165) is 0 Å². The van der Waals surface area contributed by atoms with Crippen LogP contribution in [0.5, 0.6) is 0 Å². The number of rotatable bonds is 8. The maximum atomic E-state index is 10.8. The molecule has 0 spiro atoms. The Balaban J connectivity index is 2.20. The van der Waals surface area contributed by atoms with E-state index in [4.69, 9.17) is 9.78 Å². The Kier molecular flexibility index (Phi) is 8.51. The van der Waals surface area contributed by atoms with Crippen LogP contribution in [0.2, 0.25) is 0 Å². The highest BCUT2D eigenvalue weighted by Gasteiger charge is 2.38. The Hall–Kier alpha value is -2.68. The van der Waals surface area contributed by atoms with E-state index >= 15 is 0 Å². The monoisotopic (exact) mass is 472 g/mol. The normalized spacial score (nSPS) is 14.5. The van der Waals surface area contributed by atoms with Crippen LogP contribution >= 0.6 is 0 Å². The van der Waals surface area contributed by atoms with Gasteiger partial charge in [0.05, 0.1) is 11.2 Å². The summed E-state index contributed by atoms with van der Waals surface area (Å²) < 4.78 is 0. The zero-order chi connectivity index (χ0) is 24.7. The summed E-state index contributed by atoms with van der Waals surface area (Å²) in [5, 5.41) is 14.4. The van der Waals surface area contributed by atoms with Gasteiger partial charge in [0.25, 0.3) is 0 Å². The summed E-state index contributed by atoms with van der Waals surface area (Å²) in [7, 11) is -2.73. The van der Waals surface area contributed by atoms with Gasteiger partial charge in [0.1, 0.15) is 0 Å². The lowest BCUT2D eigenvalue weighted by atomic mass is 9.96. The molecule has 1 N–H and O–H groups in total. The molecule has 0 aliphatic rings. The maximum Gasteiger partial charge on any atom is 0.229 e. The van der Waals surface area contributed by atoms with Crippen LogP contribution in [0.25, 0.3) is 0 Å². The third kappa shape index (κ3) is 6.68. The van der Waals surface area contributed by atoms with Crippen LogP contribution in [0, 0.1) is 11.5 Å². The molecule has 0 aliphatic carbocycles. The van der Waals surface area contributed by atoms with Crippen molar-refractivity contribution in [3.05, 3.63) is 91.0 Å². The SMILES string of the molecule is CCC(C)(O)CC(C#C[Si](c1ccccc1)(c1ccccc1)c1ccccc1)OOC(C)(C)C. The van der Waals surface area contributed by atoms with E-state index in [-0.39, 0.29) is 0 Å². The van der Waals surface area contributed by atoms with Crippen molar-refractivity contribution in [2.45, 2.75) is 64.8 Å². The third-order valence-corrected chi connectivity index (χ3v) is 9.96. The molecule has 0 bridgehead atoms. The quantitative estimate of drug-likeness (QED) is 0.174. The topological polar surface area (TPSA) is 38.7 Å². The predicted molar refractivity (Wildman–Crippen MR) is 143 cm³/mol. The summed E-state index contributed by atoms with van der Waals surface area (Å²) in [6.07, 6.45) is 0.384. The first-order chi connectivity index (χ1) is 16.2. The molecule has 2 unspecified atom stereocenters. The smallest absolute Gasteiger partial charge is 0.229 e. The summed E-state index contributed by atoms with van der Waals surface area (Å²) in [4.78, 5) is 11.5. The van der Waals surface area contributed by atoms with Crippen LogP contribution in [-0.2, 0) is 9.78 Å². The van der Waals surface area contributed by atoms with E-state index in [1.807, 2.05) is 52.8 Å². The van der Waals surface area contributed by atoms with Gasteiger partial charge in [0, 0.05) is 6.42 Å². The van der Waals surface area contributed by atoms with Crippen molar-refractivity contribution in [2.75, 3.05) is 0 Å². The lowest BCUT2D eigenvalue weighted by Crippen LogP contribution is -2.66. The van der Waals surface area contributed by atoms with Crippen molar-refractivity contribution >= 4 is 23.6 Å². The molecule has 0 fully saturated rings. The molecule has 0 aliphatic heterocycles. The third-order valence-electron chi connectivity index (χ3n) is 5.84. The molecular formula is C30H36O3Si. The average Bonchev–Trinajstić information content (AvgIpc) is 2.84. The highest BCUT2D eigenvalue weighted by Crippen LogP contribution is 2.20. The first-order valence-electron chi connectivity index (χ1n) is 11.9. The Morgan fingerprint density at radius 3 is 1.53 bits per heavy atom. The average molecular weight is 473 g/mol. The minimum Gasteiger partial charge on any atom is -0.390 e. The highest BCUT2D eigenvalue weighted by atomic mass is 28.3. The Labute approximate surface area is 205 Å². The molecule has 4 heteroatoms. The Morgan fingerprint density at radius 2 is 1.18 bits per heavy atom. The first-order valence-corrected chi connectivity index (χ1v) is 13.9. The maximum absolute atomic E-state index is 10.8. The minimum absolute atomic E-state index is 0.357. The van der Waals surface area contributed by atoms with Crippen LogP contribution in [-0.4, -0.2) is 30.5 Å². The van der Waals surface area contributed by atoms with Crippen molar-refractivity contribution in [1.29, 1.82) is 0 Å². The summed E-state index contributed by atoms with van der Waals surface area (Å²) >= 11 is 0. The Bertz CT molecular complexity index is 981. The van der Waals surface area contributed by atoms with E-state index < -0.39 is 25.4 Å². The van der Waals surface area contributed by atoms with Crippen molar-refractivity contribution in [3.8, 4) is 11.5 Å². The molecule has 3 aromatic carbocycles. The summed E-state index contributed by atoms with van der Waals surface area (Å²) in [6.45, 7) is 9.59. The number of hydrogen-bond donors (Lipinski definition) is 1. The number of benzene rings is 3. The molecule has 0 aromatic heterocycles. The zero-order valence-corrected chi connectivity index (χ0v) is 21.9. The van der Waals surface area contributed by atoms with E-state index in [1.54, 1.807) is 0 Å². The van der Waals surface area contributed by atoms with Crippen molar-refractivity contribution < 1.29 is 14.9 Å². The molecule has 2 atom stereocenters. The molecule has 0 saturated heterocycles.